The van der Waals surface area contributed by atoms with Crippen LogP contribution in [0.1, 0.15) is 19.8 Å². The summed E-state index contributed by atoms with van der Waals surface area (Å²) >= 11 is 0. The van der Waals surface area contributed by atoms with Crippen LogP contribution in [0.25, 0.3) is 0 Å². The highest BCUT2D eigenvalue weighted by atomic mass is 16.4. The molecule has 2 aliphatic heterocycles. The van der Waals surface area contributed by atoms with Crippen LogP contribution in [0, 0.1) is 5.41 Å². The Bertz CT molecular complexity index is 384. The molecule has 0 aromatic carbocycles. The highest BCUT2D eigenvalue weighted by molar-refractivity contribution is 5.79. The van der Waals surface area contributed by atoms with Crippen LogP contribution < -0.4 is 10.6 Å². The van der Waals surface area contributed by atoms with Crippen molar-refractivity contribution in [3.8, 4) is 0 Å². The van der Waals surface area contributed by atoms with Crippen LogP contribution >= 0.6 is 0 Å². The first-order chi connectivity index (χ1) is 10.0. The molecule has 2 heterocycles. The van der Waals surface area contributed by atoms with Crippen LogP contribution in [0.3, 0.4) is 0 Å². The van der Waals surface area contributed by atoms with Crippen LogP contribution in [-0.2, 0) is 4.79 Å². The molecular formula is C14H26N4O3. The molecule has 3 N–H and O–H groups in total. The average molecular weight is 298 g/mol. The number of carboxylic acids is 1. The van der Waals surface area contributed by atoms with Gasteiger partial charge in [0, 0.05) is 45.8 Å². The molecule has 0 aromatic heterocycles. The van der Waals surface area contributed by atoms with E-state index in [1.54, 1.807) is 11.8 Å². The third-order valence-corrected chi connectivity index (χ3v) is 4.41. The summed E-state index contributed by atoms with van der Waals surface area (Å²) in [4.78, 5) is 27.2. The number of likely N-dealkylation sites (tertiary alicyclic amines) is 1. The Morgan fingerprint density at radius 2 is 2.00 bits per heavy atom. The van der Waals surface area contributed by atoms with Crippen molar-refractivity contribution in [1.82, 2.24) is 20.4 Å². The second-order valence-electron chi connectivity index (χ2n) is 6.21. The molecule has 2 saturated heterocycles. The van der Waals surface area contributed by atoms with Gasteiger partial charge in [-0.2, -0.15) is 0 Å². The van der Waals surface area contributed by atoms with Gasteiger partial charge in [-0.3, -0.25) is 4.79 Å². The van der Waals surface area contributed by atoms with Crippen LogP contribution in [0.15, 0.2) is 0 Å². The van der Waals surface area contributed by atoms with Gasteiger partial charge in [-0.1, -0.05) is 0 Å². The van der Waals surface area contributed by atoms with E-state index in [0.717, 1.165) is 39.1 Å². The number of nitrogens with one attached hydrogen (secondary N) is 2. The Hall–Kier alpha value is -1.34. The normalized spacial score (nSPS) is 26.8. The molecule has 0 spiro atoms. The van der Waals surface area contributed by atoms with E-state index in [4.69, 9.17) is 5.11 Å². The van der Waals surface area contributed by atoms with E-state index in [2.05, 4.69) is 15.5 Å². The Morgan fingerprint density at radius 1 is 1.29 bits per heavy atom. The molecule has 1 atom stereocenters. The molecule has 2 amide bonds. The van der Waals surface area contributed by atoms with Gasteiger partial charge in [0.15, 0.2) is 0 Å². The lowest BCUT2D eigenvalue weighted by Crippen LogP contribution is -2.45. The largest absolute Gasteiger partial charge is 0.481 e. The minimum absolute atomic E-state index is 0.139. The molecule has 120 valence electrons. The molecule has 2 fully saturated rings. The summed E-state index contributed by atoms with van der Waals surface area (Å²) in [5.74, 6) is -0.823. The molecule has 0 aliphatic carbocycles. The maximum atomic E-state index is 12.0. The van der Waals surface area contributed by atoms with Gasteiger partial charge >= 0.3 is 12.0 Å². The number of carbonyl (C=O) groups excluding carboxylic acids is 1. The second-order valence-corrected chi connectivity index (χ2v) is 6.21. The molecule has 7 nitrogen and oxygen atoms in total. The van der Waals surface area contributed by atoms with E-state index in [9.17, 15) is 9.59 Å². The predicted octanol–water partition coefficient (Wildman–Crippen LogP) is -0.212. The number of hydrogen-bond donors (Lipinski definition) is 3. The zero-order chi connectivity index (χ0) is 15.3. The SMILES string of the molecule is CC1(C(=O)O)CCN(C(=O)NCCCN2CCNCC2)C1. The molecule has 0 saturated carbocycles. The summed E-state index contributed by atoms with van der Waals surface area (Å²) in [6, 6.07) is -0.139. The van der Waals surface area contributed by atoms with E-state index in [1.165, 1.54) is 0 Å². The Labute approximate surface area is 125 Å². The lowest BCUT2D eigenvalue weighted by atomic mass is 9.90. The molecule has 21 heavy (non-hydrogen) atoms. The number of nitrogens with zero attached hydrogens (tertiary/aromatic N) is 2. The van der Waals surface area contributed by atoms with Gasteiger partial charge < -0.3 is 25.5 Å². The van der Waals surface area contributed by atoms with Crippen molar-refractivity contribution in [2.45, 2.75) is 19.8 Å². The Balaban J connectivity index is 1.63. The van der Waals surface area contributed by atoms with Gasteiger partial charge in [-0.25, -0.2) is 4.79 Å². The second kappa shape index (κ2) is 7.09. The quantitative estimate of drug-likeness (QED) is 0.612. The van der Waals surface area contributed by atoms with E-state index < -0.39 is 11.4 Å². The van der Waals surface area contributed by atoms with E-state index in [1.807, 2.05) is 0 Å². The fourth-order valence-electron chi connectivity index (χ4n) is 2.85. The topological polar surface area (TPSA) is 84.9 Å². The van der Waals surface area contributed by atoms with Gasteiger partial charge in [-0.15, -0.1) is 0 Å². The van der Waals surface area contributed by atoms with Crippen molar-refractivity contribution in [2.75, 3.05) is 52.4 Å². The first-order valence-electron chi connectivity index (χ1n) is 7.70. The summed E-state index contributed by atoms with van der Waals surface area (Å²) in [7, 11) is 0. The third-order valence-electron chi connectivity index (χ3n) is 4.41. The van der Waals surface area contributed by atoms with Crippen molar-refractivity contribution in [3.63, 3.8) is 0 Å². The maximum absolute atomic E-state index is 12.0. The number of carbonyl (C=O) groups is 2. The highest BCUT2D eigenvalue weighted by Gasteiger charge is 2.42. The van der Waals surface area contributed by atoms with Crippen LogP contribution in [0.5, 0.6) is 0 Å². The molecule has 1 unspecified atom stereocenters. The summed E-state index contributed by atoms with van der Waals surface area (Å²) in [5, 5.41) is 15.4. The molecule has 2 rings (SSSR count). The summed E-state index contributed by atoms with van der Waals surface area (Å²) in [5.41, 5.74) is -0.794. The van der Waals surface area contributed by atoms with Crippen LogP contribution in [0.2, 0.25) is 0 Å². The van der Waals surface area contributed by atoms with Crippen molar-refractivity contribution < 1.29 is 14.7 Å². The standard InChI is InChI=1S/C14H26N4O3/c1-14(12(19)20)3-8-18(11-14)13(21)16-4-2-7-17-9-5-15-6-10-17/h15H,2-11H2,1H3,(H,16,21)(H,19,20). The van der Waals surface area contributed by atoms with E-state index in [-0.39, 0.29) is 6.03 Å². The van der Waals surface area contributed by atoms with E-state index in [0.29, 0.717) is 26.1 Å². The monoisotopic (exact) mass is 298 g/mol. The van der Waals surface area contributed by atoms with Gasteiger partial charge in [0.25, 0.3) is 0 Å². The first-order valence-corrected chi connectivity index (χ1v) is 7.70. The number of piperazine rings is 1. The zero-order valence-electron chi connectivity index (χ0n) is 12.7. The minimum atomic E-state index is -0.823. The first kappa shape index (κ1) is 16.0. The highest BCUT2D eigenvalue weighted by Crippen LogP contribution is 2.29. The van der Waals surface area contributed by atoms with Gasteiger partial charge in [0.2, 0.25) is 0 Å². The van der Waals surface area contributed by atoms with Crippen LogP contribution in [0.4, 0.5) is 4.79 Å². The third kappa shape index (κ3) is 4.31. The number of urea groups is 1. The fourth-order valence-corrected chi connectivity index (χ4v) is 2.85. The molecule has 7 heteroatoms. The number of carboxylic acid groups (broad SMARTS) is 1. The lowest BCUT2D eigenvalue weighted by molar-refractivity contribution is -0.146. The minimum Gasteiger partial charge on any atom is -0.481 e. The molecule has 0 bridgehead atoms. The van der Waals surface area contributed by atoms with E-state index >= 15 is 0 Å². The predicted molar refractivity (Wildman–Crippen MR) is 79.3 cm³/mol. The van der Waals surface area contributed by atoms with Crippen molar-refractivity contribution in [1.29, 1.82) is 0 Å². The molecule has 2 aliphatic rings. The van der Waals surface area contributed by atoms with Crippen molar-refractivity contribution in [3.05, 3.63) is 0 Å². The number of aliphatic carboxylic acids is 1. The zero-order valence-corrected chi connectivity index (χ0v) is 12.7. The van der Waals surface area contributed by atoms with Crippen molar-refractivity contribution in [2.24, 2.45) is 5.41 Å². The average Bonchev–Trinajstić information content (AvgIpc) is 2.89. The number of rotatable bonds is 5. The number of hydrogen-bond acceptors (Lipinski definition) is 4. The molecule has 0 radical (unpaired) electrons. The van der Waals surface area contributed by atoms with Crippen LogP contribution in [-0.4, -0.2) is 79.3 Å². The van der Waals surface area contributed by atoms with Gasteiger partial charge in [-0.05, 0) is 26.3 Å². The Kier molecular flexibility index (Phi) is 5.41. The maximum Gasteiger partial charge on any atom is 0.317 e. The van der Waals surface area contributed by atoms with Crippen molar-refractivity contribution >= 4 is 12.0 Å². The number of amides is 2. The summed E-state index contributed by atoms with van der Waals surface area (Å²) < 4.78 is 0. The molecule has 0 aromatic rings. The smallest absolute Gasteiger partial charge is 0.317 e. The van der Waals surface area contributed by atoms with Gasteiger partial charge in [0.05, 0.1) is 5.41 Å². The lowest BCUT2D eigenvalue weighted by Gasteiger charge is -2.27. The Morgan fingerprint density at radius 3 is 2.62 bits per heavy atom. The fraction of sp³-hybridized carbons (Fsp3) is 0.857. The van der Waals surface area contributed by atoms with Gasteiger partial charge in [0.1, 0.15) is 0 Å². The molecular weight excluding hydrogens is 272 g/mol. The summed E-state index contributed by atoms with van der Waals surface area (Å²) in [6.45, 7) is 8.36. The summed E-state index contributed by atoms with van der Waals surface area (Å²) in [6.07, 6.45) is 1.45.